The maximum atomic E-state index is 6.08. The summed E-state index contributed by atoms with van der Waals surface area (Å²) in [5.41, 5.74) is 9.09. The van der Waals surface area contributed by atoms with Crippen molar-refractivity contribution < 1.29 is 9.30 Å². The zero-order valence-corrected chi connectivity index (χ0v) is 10.7. The van der Waals surface area contributed by atoms with Crippen LogP contribution in [0.5, 0.6) is 6.01 Å². The number of imidazole rings is 1. The van der Waals surface area contributed by atoms with Crippen molar-refractivity contribution in [2.45, 2.75) is 33.9 Å². The molecule has 0 unspecified atom stereocenters. The molecular formula is C13H20N3O+. The minimum absolute atomic E-state index is 0.663. The highest BCUT2D eigenvalue weighted by Gasteiger charge is 2.25. The normalized spacial score (nSPS) is 11.0. The molecular weight excluding hydrogens is 214 g/mol. The van der Waals surface area contributed by atoms with Crippen LogP contribution in [0.15, 0.2) is 18.2 Å². The molecule has 0 aliphatic carbocycles. The SMILES string of the molecule is CCOc1n(CC)c2cccc(N)c2[n+]1CC. The van der Waals surface area contributed by atoms with Crippen molar-refractivity contribution >= 4 is 16.7 Å². The standard InChI is InChI=1S/C13H20N3O/c1-4-15-11-9-7-8-10(14)12(11)16(5-2)13(15)17-6-3/h7-9H,4-6,14H2,1-3H3/q+1. The van der Waals surface area contributed by atoms with E-state index in [4.69, 9.17) is 10.5 Å². The largest absolute Gasteiger partial charge is 0.457 e. The fraction of sp³-hybridized carbons (Fsp3) is 0.462. The summed E-state index contributed by atoms with van der Waals surface area (Å²) in [6, 6.07) is 6.90. The fourth-order valence-electron chi connectivity index (χ4n) is 2.29. The molecule has 1 aromatic heterocycles. The van der Waals surface area contributed by atoms with Crippen LogP contribution >= 0.6 is 0 Å². The summed E-state index contributed by atoms with van der Waals surface area (Å²) in [5.74, 6) is 0. The molecule has 92 valence electrons. The van der Waals surface area contributed by atoms with Gasteiger partial charge in [0, 0.05) is 0 Å². The number of anilines is 1. The molecule has 0 atom stereocenters. The summed E-state index contributed by atoms with van der Waals surface area (Å²) in [5, 5.41) is 0. The van der Waals surface area contributed by atoms with Gasteiger partial charge in [-0.25, -0.2) is 0 Å². The van der Waals surface area contributed by atoms with E-state index in [9.17, 15) is 0 Å². The molecule has 1 aromatic carbocycles. The molecule has 2 N–H and O–H groups in total. The smallest absolute Gasteiger partial charge is 0.431 e. The number of fused-ring (bicyclic) bond motifs is 1. The van der Waals surface area contributed by atoms with Gasteiger partial charge < -0.3 is 10.5 Å². The zero-order valence-electron chi connectivity index (χ0n) is 10.7. The van der Waals surface area contributed by atoms with E-state index in [0.29, 0.717) is 6.61 Å². The first-order valence-electron chi connectivity index (χ1n) is 6.17. The van der Waals surface area contributed by atoms with Crippen molar-refractivity contribution in [3.63, 3.8) is 0 Å². The van der Waals surface area contributed by atoms with Gasteiger partial charge in [0.1, 0.15) is 0 Å². The summed E-state index contributed by atoms with van der Waals surface area (Å²) >= 11 is 0. The van der Waals surface area contributed by atoms with Crippen molar-refractivity contribution in [1.82, 2.24) is 4.57 Å². The zero-order chi connectivity index (χ0) is 12.4. The Balaban J connectivity index is 2.81. The molecule has 0 saturated carbocycles. The number of aryl methyl sites for hydroxylation is 2. The number of hydrogen-bond acceptors (Lipinski definition) is 2. The van der Waals surface area contributed by atoms with Crippen molar-refractivity contribution in [2.75, 3.05) is 12.3 Å². The molecule has 4 nitrogen and oxygen atoms in total. The monoisotopic (exact) mass is 234 g/mol. The molecule has 0 aliphatic heterocycles. The Kier molecular flexibility index (Phi) is 3.22. The summed E-state index contributed by atoms with van der Waals surface area (Å²) < 4.78 is 10.1. The number of ether oxygens (including phenoxy) is 1. The lowest BCUT2D eigenvalue weighted by molar-refractivity contribution is -0.674. The molecule has 4 heteroatoms. The van der Waals surface area contributed by atoms with Gasteiger partial charge in [-0.3, -0.25) is 0 Å². The number of nitrogen functional groups attached to an aromatic ring is 1. The van der Waals surface area contributed by atoms with Gasteiger partial charge in [0.15, 0.2) is 11.0 Å². The molecule has 0 spiro atoms. The second kappa shape index (κ2) is 4.65. The van der Waals surface area contributed by atoms with Crippen LogP contribution in [0, 0.1) is 0 Å². The van der Waals surface area contributed by atoms with Gasteiger partial charge in [-0.2, -0.15) is 9.13 Å². The summed E-state index contributed by atoms with van der Waals surface area (Å²) in [7, 11) is 0. The van der Waals surface area contributed by atoms with Crippen LogP contribution in [0.25, 0.3) is 11.0 Å². The Morgan fingerprint density at radius 3 is 2.65 bits per heavy atom. The van der Waals surface area contributed by atoms with Gasteiger partial charge in [0.25, 0.3) is 0 Å². The molecule has 0 saturated heterocycles. The number of nitrogens with two attached hydrogens (primary N) is 1. The first-order valence-corrected chi connectivity index (χ1v) is 6.17. The van der Waals surface area contributed by atoms with Gasteiger partial charge in [0.2, 0.25) is 0 Å². The second-order valence-electron chi connectivity index (χ2n) is 3.92. The predicted molar refractivity (Wildman–Crippen MR) is 69.1 cm³/mol. The van der Waals surface area contributed by atoms with Crippen molar-refractivity contribution in [3.8, 4) is 6.01 Å². The number of para-hydroxylation sites is 1. The summed E-state index contributed by atoms with van der Waals surface area (Å²) in [6.07, 6.45) is 0. The quantitative estimate of drug-likeness (QED) is 0.649. The molecule has 1 heterocycles. The Morgan fingerprint density at radius 2 is 2.06 bits per heavy atom. The van der Waals surface area contributed by atoms with E-state index in [1.807, 2.05) is 19.1 Å². The molecule has 2 aromatic rings. The third kappa shape index (κ3) is 1.73. The second-order valence-corrected chi connectivity index (χ2v) is 3.92. The van der Waals surface area contributed by atoms with Crippen LogP contribution in [0.3, 0.4) is 0 Å². The molecule has 17 heavy (non-hydrogen) atoms. The van der Waals surface area contributed by atoms with Gasteiger partial charge in [-0.05, 0) is 32.9 Å². The Hall–Kier alpha value is -1.71. The number of hydrogen-bond donors (Lipinski definition) is 1. The molecule has 0 fully saturated rings. The third-order valence-corrected chi connectivity index (χ3v) is 2.97. The van der Waals surface area contributed by atoms with Gasteiger partial charge in [0.05, 0.1) is 25.4 Å². The molecule has 0 amide bonds. The highest BCUT2D eigenvalue weighted by Crippen LogP contribution is 2.24. The number of benzene rings is 1. The minimum Gasteiger partial charge on any atom is -0.431 e. The Bertz CT molecular complexity index is 531. The number of nitrogens with zero attached hydrogens (tertiary/aromatic N) is 2. The van der Waals surface area contributed by atoms with Crippen LogP contribution in [-0.4, -0.2) is 11.2 Å². The Labute approximate surface area is 102 Å². The maximum Gasteiger partial charge on any atom is 0.457 e. The van der Waals surface area contributed by atoms with E-state index in [0.717, 1.165) is 35.8 Å². The molecule has 0 bridgehead atoms. The number of rotatable bonds is 4. The van der Waals surface area contributed by atoms with E-state index in [1.165, 1.54) is 0 Å². The highest BCUT2D eigenvalue weighted by atomic mass is 16.5. The van der Waals surface area contributed by atoms with Crippen LogP contribution in [0.1, 0.15) is 20.8 Å². The topological polar surface area (TPSA) is 44.1 Å². The van der Waals surface area contributed by atoms with Crippen molar-refractivity contribution in [3.05, 3.63) is 18.2 Å². The van der Waals surface area contributed by atoms with E-state index in [-0.39, 0.29) is 0 Å². The lowest BCUT2D eigenvalue weighted by Crippen LogP contribution is -2.34. The van der Waals surface area contributed by atoms with E-state index in [1.54, 1.807) is 0 Å². The first kappa shape index (κ1) is 11.8. The van der Waals surface area contributed by atoms with Crippen LogP contribution < -0.4 is 15.0 Å². The first-order chi connectivity index (χ1) is 8.24. The molecule has 0 aliphatic rings. The van der Waals surface area contributed by atoms with Crippen molar-refractivity contribution in [2.24, 2.45) is 0 Å². The average molecular weight is 234 g/mol. The molecule has 0 radical (unpaired) electrons. The van der Waals surface area contributed by atoms with Crippen LogP contribution in [-0.2, 0) is 13.1 Å². The summed E-state index contributed by atoms with van der Waals surface area (Å²) in [6.45, 7) is 8.62. The van der Waals surface area contributed by atoms with Gasteiger partial charge >= 0.3 is 6.01 Å². The predicted octanol–water partition coefficient (Wildman–Crippen LogP) is 1.95. The lowest BCUT2D eigenvalue weighted by Gasteiger charge is -2.01. The lowest BCUT2D eigenvalue weighted by atomic mass is 10.2. The fourth-order valence-corrected chi connectivity index (χ4v) is 2.29. The highest BCUT2D eigenvalue weighted by molar-refractivity contribution is 5.84. The van der Waals surface area contributed by atoms with Crippen LogP contribution in [0.2, 0.25) is 0 Å². The summed E-state index contributed by atoms with van der Waals surface area (Å²) in [4.78, 5) is 0. The van der Waals surface area contributed by atoms with Gasteiger partial charge in [-0.1, -0.05) is 6.07 Å². The third-order valence-electron chi connectivity index (χ3n) is 2.97. The van der Waals surface area contributed by atoms with Crippen molar-refractivity contribution in [1.29, 1.82) is 0 Å². The van der Waals surface area contributed by atoms with Gasteiger partial charge in [-0.15, -0.1) is 0 Å². The average Bonchev–Trinajstić information content (AvgIpc) is 2.64. The van der Waals surface area contributed by atoms with E-state index >= 15 is 0 Å². The van der Waals surface area contributed by atoms with Crippen LogP contribution in [0.4, 0.5) is 5.69 Å². The maximum absolute atomic E-state index is 6.08. The number of aromatic nitrogens is 2. The van der Waals surface area contributed by atoms with E-state index in [2.05, 4.69) is 29.0 Å². The Morgan fingerprint density at radius 1 is 1.29 bits per heavy atom. The molecule has 2 rings (SSSR count). The van der Waals surface area contributed by atoms with E-state index < -0.39 is 0 Å². The minimum atomic E-state index is 0.663.